The topological polar surface area (TPSA) is 69.6 Å². The Bertz CT molecular complexity index is 449. The van der Waals surface area contributed by atoms with Crippen molar-refractivity contribution in [2.24, 2.45) is 17.3 Å². The third-order valence-electron chi connectivity index (χ3n) is 4.70. The summed E-state index contributed by atoms with van der Waals surface area (Å²) in [4.78, 5) is 24.0. The Morgan fingerprint density at radius 1 is 1.32 bits per heavy atom. The highest BCUT2D eigenvalue weighted by Crippen LogP contribution is 2.49. The first-order valence-corrected chi connectivity index (χ1v) is 7.51. The third-order valence-corrected chi connectivity index (χ3v) is 4.70. The van der Waals surface area contributed by atoms with Crippen molar-refractivity contribution in [3.05, 3.63) is 0 Å². The van der Waals surface area contributed by atoms with Crippen molar-refractivity contribution >= 4 is 12.0 Å². The summed E-state index contributed by atoms with van der Waals surface area (Å²) in [5, 5.41) is 11.6. The first-order chi connectivity index (χ1) is 10.2. The molecule has 5 nitrogen and oxygen atoms in total. The molecule has 0 aromatic heterocycles. The molecular weight excluding hydrogens is 301 g/mol. The molecule has 1 aliphatic carbocycles. The number of urea groups is 1. The predicted molar refractivity (Wildman–Crippen MR) is 72.2 cm³/mol. The summed E-state index contributed by atoms with van der Waals surface area (Å²) in [5.41, 5.74) is 0.0970. The van der Waals surface area contributed by atoms with Crippen molar-refractivity contribution in [3.8, 4) is 0 Å². The van der Waals surface area contributed by atoms with Crippen LogP contribution in [-0.4, -0.2) is 47.8 Å². The summed E-state index contributed by atoms with van der Waals surface area (Å²) in [6.07, 6.45) is -0.598. The number of amides is 2. The van der Waals surface area contributed by atoms with E-state index in [4.69, 9.17) is 5.11 Å². The molecule has 1 saturated carbocycles. The SMILES string of the molecule is CCCC1(CNC(=O)N2C[C@@H](C(F)(F)F)[C@H](C(=O)O)C2)CC1. The van der Waals surface area contributed by atoms with E-state index in [0.29, 0.717) is 6.54 Å². The molecule has 2 fully saturated rings. The number of aliphatic carboxylic acids is 1. The zero-order valence-electron chi connectivity index (χ0n) is 12.4. The van der Waals surface area contributed by atoms with Crippen molar-refractivity contribution < 1.29 is 27.9 Å². The summed E-state index contributed by atoms with van der Waals surface area (Å²) in [7, 11) is 0. The number of rotatable bonds is 5. The Morgan fingerprint density at radius 2 is 1.95 bits per heavy atom. The number of nitrogens with zero attached hydrogens (tertiary/aromatic N) is 1. The van der Waals surface area contributed by atoms with Crippen molar-refractivity contribution in [3.63, 3.8) is 0 Å². The molecule has 1 aliphatic heterocycles. The molecule has 0 aromatic carbocycles. The van der Waals surface area contributed by atoms with Gasteiger partial charge in [-0.2, -0.15) is 13.2 Å². The second-order valence-corrected chi connectivity index (χ2v) is 6.41. The summed E-state index contributed by atoms with van der Waals surface area (Å²) < 4.78 is 38.6. The molecule has 0 radical (unpaired) electrons. The number of likely N-dealkylation sites (tertiary alicyclic amines) is 1. The quantitative estimate of drug-likeness (QED) is 0.817. The number of hydrogen-bond acceptors (Lipinski definition) is 2. The van der Waals surface area contributed by atoms with E-state index < -0.39 is 43.1 Å². The molecule has 2 atom stereocenters. The molecule has 1 saturated heterocycles. The molecule has 8 heteroatoms. The van der Waals surface area contributed by atoms with Crippen LogP contribution in [0, 0.1) is 17.3 Å². The van der Waals surface area contributed by atoms with Crippen LogP contribution in [0.4, 0.5) is 18.0 Å². The van der Waals surface area contributed by atoms with E-state index in [-0.39, 0.29) is 5.41 Å². The smallest absolute Gasteiger partial charge is 0.394 e. The highest BCUT2D eigenvalue weighted by molar-refractivity contribution is 5.77. The molecule has 22 heavy (non-hydrogen) atoms. The van der Waals surface area contributed by atoms with Crippen LogP contribution in [0.2, 0.25) is 0 Å². The Hall–Kier alpha value is -1.47. The maximum Gasteiger partial charge on any atom is 0.394 e. The molecule has 0 bridgehead atoms. The van der Waals surface area contributed by atoms with Gasteiger partial charge in [-0.15, -0.1) is 0 Å². The lowest BCUT2D eigenvalue weighted by molar-refractivity contribution is -0.187. The highest BCUT2D eigenvalue weighted by atomic mass is 19.4. The summed E-state index contributed by atoms with van der Waals surface area (Å²) in [5.74, 6) is -5.10. The average Bonchev–Trinajstić information content (AvgIpc) is 3.01. The van der Waals surface area contributed by atoms with Crippen LogP contribution < -0.4 is 5.32 Å². The Labute approximate surface area is 126 Å². The van der Waals surface area contributed by atoms with Crippen LogP contribution in [0.25, 0.3) is 0 Å². The maximum atomic E-state index is 12.9. The molecule has 126 valence electrons. The van der Waals surface area contributed by atoms with E-state index in [2.05, 4.69) is 5.32 Å². The monoisotopic (exact) mass is 322 g/mol. The lowest BCUT2D eigenvalue weighted by Gasteiger charge is -2.21. The van der Waals surface area contributed by atoms with E-state index in [1.54, 1.807) is 0 Å². The summed E-state index contributed by atoms with van der Waals surface area (Å²) >= 11 is 0. The van der Waals surface area contributed by atoms with Gasteiger partial charge in [-0.3, -0.25) is 4.79 Å². The molecule has 0 aromatic rings. The van der Waals surface area contributed by atoms with E-state index in [1.165, 1.54) is 0 Å². The van der Waals surface area contributed by atoms with Crippen molar-refractivity contribution in [1.82, 2.24) is 10.2 Å². The lowest BCUT2D eigenvalue weighted by atomic mass is 9.96. The fraction of sp³-hybridized carbons (Fsp3) is 0.857. The van der Waals surface area contributed by atoms with Gasteiger partial charge in [0.15, 0.2) is 0 Å². The van der Waals surface area contributed by atoms with Gasteiger partial charge in [0.05, 0.1) is 11.8 Å². The number of hydrogen-bond donors (Lipinski definition) is 2. The van der Waals surface area contributed by atoms with E-state index in [9.17, 15) is 22.8 Å². The van der Waals surface area contributed by atoms with Gasteiger partial charge in [0, 0.05) is 19.6 Å². The van der Waals surface area contributed by atoms with Gasteiger partial charge in [0.1, 0.15) is 0 Å². The number of carboxylic acid groups (broad SMARTS) is 1. The van der Waals surface area contributed by atoms with Crippen LogP contribution in [0.5, 0.6) is 0 Å². The van der Waals surface area contributed by atoms with Crippen molar-refractivity contribution in [1.29, 1.82) is 0 Å². The third kappa shape index (κ3) is 3.64. The zero-order chi connectivity index (χ0) is 16.5. The molecule has 0 spiro atoms. The number of halogens is 3. The minimum atomic E-state index is -4.61. The summed E-state index contributed by atoms with van der Waals surface area (Å²) in [6, 6.07) is -0.597. The predicted octanol–water partition coefficient (Wildman–Crippen LogP) is 2.47. The standard InChI is InChI=1S/C14H21F3N2O3/c1-2-3-13(4-5-13)8-18-12(22)19-6-9(11(20)21)10(7-19)14(15,16)17/h9-10H,2-8H2,1H3,(H,18,22)(H,20,21)/t9-,10-/m1/s1. The van der Waals surface area contributed by atoms with Crippen LogP contribution in [0.3, 0.4) is 0 Å². The zero-order valence-corrected chi connectivity index (χ0v) is 12.4. The number of carbonyl (C=O) groups excluding carboxylic acids is 1. The van der Waals surface area contributed by atoms with E-state index >= 15 is 0 Å². The number of carboxylic acids is 1. The highest BCUT2D eigenvalue weighted by Gasteiger charge is 2.53. The minimum Gasteiger partial charge on any atom is -0.481 e. The number of carbonyl (C=O) groups is 2. The van der Waals surface area contributed by atoms with Gasteiger partial charge in [0.2, 0.25) is 0 Å². The lowest BCUT2D eigenvalue weighted by Crippen LogP contribution is -2.41. The van der Waals surface area contributed by atoms with E-state index in [1.807, 2.05) is 6.92 Å². The van der Waals surface area contributed by atoms with Crippen molar-refractivity contribution in [2.75, 3.05) is 19.6 Å². The van der Waals surface area contributed by atoms with Gasteiger partial charge < -0.3 is 15.3 Å². The molecule has 2 amide bonds. The first kappa shape index (κ1) is 16.9. The molecule has 0 unspecified atom stereocenters. The first-order valence-electron chi connectivity index (χ1n) is 7.51. The van der Waals surface area contributed by atoms with Gasteiger partial charge in [-0.25, -0.2) is 4.79 Å². The molecule has 2 aliphatic rings. The Kier molecular flexibility index (Phi) is 4.58. The fourth-order valence-electron chi connectivity index (χ4n) is 3.15. The molecule has 1 heterocycles. The van der Waals surface area contributed by atoms with Gasteiger partial charge in [-0.05, 0) is 24.7 Å². The second kappa shape index (κ2) is 5.96. The van der Waals surface area contributed by atoms with Crippen LogP contribution in [-0.2, 0) is 4.79 Å². The Balaban J connectivity index is 1.92. The number of nitrogens with one attached hydrogen (secondary N) is 1. The Morgan fingerprint density at radius 3 is 2.36 bits per heavy atom. The van der Waals surface area contributed by atoms with Crippen molar-refractivity contribution in [2.45, 2.75) is 38.8 Å². The minimum absolute atomic E-state index is 0.0970. The van der Waals surface area contributed by atoms with Crippen LogP contribution in [0.15, 0.2) is 0 Å². The number of alkyl halides is 3. The van der Waals surface area contributed by atoms with Crippen LogP contribution >= 0.6 is 0 Å². The maximum absolute atomic E-state index is 12.9. The van der Waals surface area contributed by atoms with E-state index in [0.717, 1.165) is 30.6 Å². The van der Waals surface area contributed by atoms with Gasteiger partial charge in [0.25, 0.3) is 0 Å². The fourth-order valence-corrected chi connectivity index (χ4v) is 3.15. The largest absolute Gasteiger partial charge is 0.481 e. The average molecular weight is 322 g/mol. The molecule has 2 rings (SSSR count). The van der Waals surface area contributed by atoms with Gasteiger partial charge in [-0.1, -0.05) is 13.3 Å². The molecule has 2 N–H and O–H groups in total. The summed E-state index contributed by atoms with van der Waals surface area (Å²) in [6.45, 7) is 1.51. The van der Waals surface area contributed by atoms with Gasteiger partial charge >= 0.3 is 18.2 Å². The second-order valence-electron chi connectivity index (χ2n) is 6.41. The normalized spacial score (nSPS) is 26.8. The van der Waals surface area contributed by atoms with Crippen LogP contribution in [0.1, 0.15) is 32.6 Å². The molecular formula is C14H21F3N2O3.